The van der Waals surface area contributed by atoms with Crippen molar-refractivity contribution in [1.29, 1.82) is 0 Å². The fraction of sp³-hybridized carbons (Fsp3) is 0.625. The lowest BCUT2D eigenvalue weighted by molar-refractivity contribution is 0.262. The van der Waals surface area contributed by atoms with Gasteiger partial charge in [0, 0.05) is 6.04 Å². The number of rotatable bonds is 7. The average Bonchev–Trinajstić information content (AvgIpc) is 2.29. The average molecular weight is 233 g/mol. The fourth-order valence-electron chi connectivity index (χ4n) is 2.62. The summed E-state index contributed by atoms with van der Waals surface area (Å²) < 4.78 is 0. The molecule has 0 aromatic heterocycles. The minimum atomic E-state index is 0.442. The molecule has 96 valence electrons. The standard InChI is InChI=1S/C16H27N/c1-5-11-16(2,3)13-15(17-4)12-14-9-7-6-8-10-14/h6-10,15,17H,5,11-13H2,1-4H3. The minimum absolute atomic E-state index is 0.442. The molecule has 1 rings (SSSR count). The molecule has 0 amide bonds. The van der Waals surface area contributed by atoms with E-state index in [0.29, 0.717) is 11.5 Å². The third-order valence-corrected chi connectivity index (χ3v) is 3.46. The second kappa shape index (κ2) is 6.80. The molecule has 1 nitrogen and oxygen atoms in total. The van der Waals surface area contributed by atoms with Crippen molar-refractivity contribution >= 4 is 0 Å². The summed E-state index contributed by atoms with van der Waals surface area (Å²) >= 11 is 0. The van der Waals surface area contributed by atoms with Gasteiger partial charge in [0.2, 0.25) is 0 Å². The molecule has 0 bridgehead atoms. The van der Waals surface area contributed by atoms with Crippen LogP contribution in [0.4, 0.5) is 0 Å². The Morgan fingerprint density at radius 1 is 1.18 bits per heavy atom. The van der Waals surface area contributed by atoms with Gasteiger partial charge in [-0.3, -0.25) is 0 Å². The normalized spacial score (nSPS) is 13.6. The zero-order valence-electron chi connectivity index (χ0n) is 11.8. The SMILES string of the molecule is CCCC(C)(C)CC(Cc1ccccc1)NC. The predicted molar refractivity (Wildman–Crippen MR) is 76.3 cm³/mol. The van der Waals surface area contributed by atoms with Gasteiger partial charge in [0.05, 0.1) is 0 Å². The lowest BCUT2D eigenvalue weighted by Gasteiger charge is -2.29. The summed E-state index contributed by atoms with van der Waals surface area (Å²) in [4.78, 5) is 0. The molecule has 1 heteroatoms. The smallest absolute Gasteiger partial charge is 0.0110 e. The Kier molecular flexibility index (Phi) is 5.70. The van der Waals surface area contributed by atoms with Gasteiger partial charge in [-0.25, -0.2) is 0 Å². The summed E-state index contributed by atoms with van der Waals surface area (Å²) in [5.74, 6) is 0. The number of hydrogen-bond donors (Lipinski definition) is 1. The van der Waals surface area contributed by atoms with Gasteiger partial charge in [-0.05, 0) is 37.3 Å². The second-order valence-corrected chi connectivity index (χ2v) is 5.79. The molecular weight excluding hydrogens is 206 g/mol. The first-order valence-electron chi connectivity index (χ1n) is 6.78. The molecule has 0 aliphatic heterocycles. The van der Waals surface area contributed by atoms with E-state index >= 15 is 0 Å². The summed E-state index contributed by atoms with van der Waals surface area (Å²) in [6.07, 6.45) is 4.95. The van der Waals surface area contributed by atoms with Crippen LogP contribution in [0.1, 0.15) is 45.6 Å². The van der Waals surface area contributed by atoms with Crippen molar-refractivity contribution in [3.63, 3.8) is 0 Å². The van der Waals surface area contributed by atoms with Crippen molar-refractivity contribution in [2.24, 2.45) is 5.41 Å². The molecule has 1 aromatic carbocycles. The molecule has 0 radical (unpaired) electrons. The summed E-state index contributed by atoms with van der Waals surface area (Å²) in [5, 5.41) is 3.47. The van der Waals surface area contributed by atoms with Crippen LogP contribution < -0.4 is 5.32 Å². The third kappa shape index (κ3) is 5.36. The molecule has 0 saturated heterocycles. The number of likely N-dealkylation sites (N-methyl/N-ethyl adjacent to an activating group) is 1. The Labute approximate surface area is 107 Å². The van der Waals surface area contributed by atoms with Crippen molar-refractivity contribution in [2.45, 2.75) is 52.5 Å². The second-order valence-electron chi connectivity index (χ2n) is 5.79. The van der Waals surface area contributed by atoms with E-state index in [2.05, 4.69) is 63.5 Å². The molecule has 17 heavy (non-hydrogen) atoms. The molecule has 0 aliphatic rings. The van der Waals surface area contributed by atoms with E-state index in [0.717, 1.165) is 6.42 Å². The molecule has 1 N–H and O–H groups in total. The monoisotopic (exact) mass is 233 g/mol. The highest BCUT2D eigenvalue weighted by molar-refractivity contribution is 5.15. The highest BCUT2D eigenvalue weighted by atomic mass is 14.9. The third-order valence-electron chi connectivity index (χ3n) is 3.46. The molecule has 0 aliphatic carbocycles. The summed E-state index contributed by atoms with van der Waals surface area (Å²) in [6, 6.07) is 11.4. The van der Waals surface area contributed by atoms with Gasteiger partial charge in [-0.1, -0.05) is 57.5 Å². The Morgan fingerprint density at radius 2 is 1.82 bits per heavy atom. The van der Waals surface area contributed by atoms with Crippen LogP contribution in [0, 0.1) is 5.41 Å². The summed E-state index contributed by atoms with van der Waals surface area (Å²) in [5.41, 5.74) is 1.87. The van der Waals surface area contributed by atoms with Crippen molar-refractivity contribution in [3.05, 3.63) is 35.9 Å². The van der Waals surface area contributed by atoms with Crippen molar-refractivity contribution in [1.82, 2.24) is 5.32 Å². The maximum atomic E-state index is 3.47. The highest BCUT2D eigenvalue weighted by Gasteiger charge is 2.21. The van der Waals surface area contributed by atoms with Crippen LogP contribution in [0.15, 0.2) is 30.3 Å². The van der Waals surface area contributed by atoms with E-state index in [1.165, 1.54) is 24.8 Å². The van der Waals surface area contributed by atoms with E-state index in [-0.39, 0.29) is 0 Å². The lowest BCUT2D eigenvalue weighted by Crippen LogP contribution is -2.33. The molecule has 1 atom stereocenters. The van der Waals surface area contributed by atoms with Gasteiger partial charge < -0.3 is 5.32 Å². The Bertz CT molecular complexity index is 303. The maximum absolute atomic E-state index is 3.47. The van der Waals surface area contributed by atoms with E-state index in [4.69, 9.17) is 0 Å². The quantitative estimate of drug-likeness (QED) is 0.749. The predicted octanol–water partition coefficient (Wildman–Crippen LogP) is 4.03. The first-order valence-corrected chi connectivity index (χ1v) is 6.78. The molecule has 0 spiro atoms. The highest BCUT2D eigenvalue weighted by Crippen LogP contribution is 2.29. The molecule has 0 saturated carbocycles. The van der Waals surface area contributed by atoms with Gasteiger partial charge >= 0.3 is 0 Å². The Balaban J connectivity index is 2.55. The van der Waals surface area contributed by atoms with Crippen LogP contribution in [0.3, 0.4) is 0 Å². The minimum Gasteiger partial charge on any atom is -0.317 e. The van der Waals surface area contributed by atoms with Crippen LogP contribution in [-0.4, -0.2) is 13.1 Å². The Morgan fingerprint density at radius 3 is 2.35 bits per heavy atom. The van der Waals surface area contributed by atoms with E-state index < -0.39 is 0 Å². The molecular formula is C16H27N. The van der Waals surface area contributed by atoms with Crippen LogP contribution in [-0.2, 0) is 6.42 Å². The molecule has 0 heterocycles. The topological polar surface area (TPSA) is 12.0 Å². The first kappa shape index (κ1) is 14.2. The van der Waals surface area contributed by atoms with Crippen molar-refractivity contribution < 1.29 is 0 Å². The summed E-state index contributed by atoms with van der Waals surface area (Å²) in [6.45, 7) is 7.03. The maximum Gasteiger partial charge on any atom is 0.0110 e. The number of benzene rings is 1. The van der Waals surface area contributed by atoms with Gasteiger partial charge in [-0.2, -0.15) is 0 Å². The van der Waals surface area contributed by atoms with Crippen molar-refractivity contribution in [3.8, 4) is 0 Å². The zero-order chi connectivity index (χ0) is 12.7. The zero-order valence-corrected chi connectivity index (χ0v) is 11.8. The van der Waals surface area contributed by atoms with Gasteiger partial charge in [0.15, 0.2) is 0 Å². The number of hydrogen-bond acceptors (Lipinski definition) is 1. The van der Waals surface area contributed by atoms with E-state index in [9.17, 15) is 0 Å². The van der Waals surface area contributed by atoms with Crippen LogP contribution in [0.2, 0.25) is 0 Å². The van der Waals surface area contributed by atoms with Gasteiger partial charge in [-0.15, -0.1) is 0 Å². The fourth-order valence-corrected chi connectivity index (χ4v) is 2.62. The molecule has 1 unspecified atom stereocenters. The summed E-state index contributed by atoms with van der Waals surface area (Å²) in [7, 11) is 2.08. The van der Waals surface area contributed by atoms with E-state index in [1.54, 1.807) is 0 Å². The van der Waals surface area contributed by atoms with E-state index in [1.807, 2.05) is 0 Å². The largest absolute Gasteiger partial charge is 0.317 e. The first-order chi connectivity index (χ1) is 8.07. The molecule has 1 aromatic rings. The van der Waals surface area contributed by atoms with Crippen LogP contribution in [0.5, 0.6) is 0 Å². The number of nitrogens with one attached hydrogen (secondary N) is 1. The molecule has 0 fully saturated rings. The van der Waals surface area contributed by atoms with Gasteiger partial charge in [0.25, 0.3) is 0 Å². The van der Waals surface area contributed by atoms with Crippen LogP contribution >= 0.6 is 0 Å². The van der Waals surface area contributed by atoms with Crippen LogP contribution in [0.25, 0.3) is 0 Å². The Hall–Kier alpha value is -0.820. The van der Waals surface area contributed by atoms with Crippen molar-refractivity contribution in [2.75, 3.05) is 7.05 Å². The lowest BCUT2D eigenvalue weighted by atomic mass is 9.80. The van der Waals surface area contributed by atoms with Gasteiger partial charge in [0.1, 0.15) is 0 Å².